The Balaban J connectivity index is 2.62. The van der Waals surface area contributed by atoms with Crippen molar-refractivity contribution >= 4 is 43.5 Å². The van der Waals surface area contributed by atoms with Crippen molar-refractivity contribution in [1.82, 2.24) is 4.31 Å². The van der Waals surface area contributed by atoms with Crippen LogP contribution < -0.4 is 0 Å². The fourth-order valence-electron chi connectivity index (χ4n) is 2.50. The maximum absolute atomic E-state index is 14.4. The number of hydrogen-bond donors (Lipinski definition) is 0. The van der Waals surface area contributed by atoms with Gasteiger partial charge in [0, 0.05) is 11.6 Å². The van der Waals surface area contributed by atoms with Crippen LogP contribution in [-0.2, 0) is 26.1 Å². The minimum absolute atomic E-state index is 0.128. The SMILES string of the molecule is CC(C)(C)OC(=O)CN(Cc1ccccc1Cl)S(=O)(=O)c1c(F)c(F)c(F)c(F)c1Br. The summed E-state index contributed by atoms with van der Waals surface area (Å²) < 4.78 is 86.4. The molecular formula is C19H17BrClF4NO4S. The van der Waals surface area contributed by atoms with Crippen molar-refractivity contribution in [1.29, 1.82) is 0 Å². The van der Waals surface area contributed by atoms with E-state index >= 15 is 0 Å². The van der Waals surface area contributed by atoms with Gasteiger partial charge < -0.3 is 4.74 Å². The van der Waals surface area contributed by atoms with Gasteiger partial charge in [0.25, 0.3) is 0 Å². The number of hydrogen-bond acceptors (Lipinski definition) is 4. The Kier molecular flexibility index (Phi) is 7.78. The quantitative estimate of drug-likeness (QED) is 0.217. The second-order valence-electron chi connectivity index (χ2n) is 7.35. The number of nitrogens with zero attached hydrogens (tertiary/aromatic N) is 1. The summed E-state index contributed by atoms with van der Waals surface area (Å²) in [5.74, 6) is -9.59. The van der Waals surface area contributed by atoms with Gasteiger partial charge in [0.1, 0.15) is 17.0 Å². The summed E-state index contributed by atoms with van der Waals surface area (Å²) in [6.45, 7) is 3.13. The molecule has 2 aromatic carbocycles. The second kappa shape index (κ2) is 9.43. The van der Waals surface area contributed by atoms with Gasteiger partial charge in [-0.3, -0.25) is 4.79 Å². The van der Waals surface area contributed by atoms with E-state index in [1.165, 1.54) is 18.2 Å². The number of carbonyl (C=O) groups is 1. The van der Waals surface area contributed by atoms with Crippen LogP contribution in [0.2, 0.25) is 5.02 Å². The highest BCUT2D eigenvalue weighted by atomic mass is 79.9. The van der Waals surface area contributed by atoms with E-state index in [0.29, 0.717) is 4.31 Å². The zero-order valence-electron chi connectivity index (χ0n) is 16.5. The molecule has 0 bridgehead atoms. The van der Waals surface area contributed by atoms with Gasteiger partial charge in [0.05, 0.1) is 4.47 Å². The van der Waals surface area contributed by atoms with Gasteiger partial charge in [-0.2, -0.15) is 4.31 Å². The van der Waals surface area contributed by atoms with Crippen LogP contribution in [0.5, 0.6) is 0 Å². The zero-order valence-corrected chi connectivity index (χ0v) is 19.6. The number of esters is 1. The van der Waals surface area contributed by atoms with E-state index in [4.69, 9.17) is 16.3 Å². The Morgan fingerprint density at radius 1 is 1.06 bits per heavy atom. The van der Waals surface area contributed by atoms with Crippen LogP contribution in [0.15, 0.2) is 33.6 Å². The van der Waals surface area contributed by atoms with Crippen molar-refractivity contribution in [2.45, 2.75) is 37.8 Å². The standard InChI is InChI=1S/C19H17BrClF4NO4S/c1-19(2,3)30-12(27)9-26(8-10-6-4-5-7-11(10)21)31(28,29)18-13(20)14(22)15(23)16(24)17(18)25/h4-7H,8-9H2,1-3H3. The number of halogens is 6. The molecule has 0 fully saturated rings. The smallest absolute Gasteiger partial charge is 0.321 e. The summed E-state index contributed by atoms with van der Waals surface area (Å²) >= 11 is 8.52. The van der Waals surface area contributed by atoms with Crippen LogP contribution >= 0.6 is 27.5 Å². The fourth-order valence-corrected chi connectivity index (χ4v) is 5.13. The molecule has 0 saturated heterocycles. The van der Waals surface area contributed by atoms with E-state index in [2.05, 4.69) is 15.9 Å². The molecule has 0 heterocycles. The molecule has 12 heteroatoms. The highest BCUT2D eigenvalue weighted by molar-refractivity contribution is 9.10. The molecule has 0 atom stereocenters. The molecule has 170 valence electrons. The van der Waals surface area contributed by atoms with Crippen LogP contribution in [0.3, 0.4) is 0 Å². The summed E-state index contributed by atoms with van der Waals surface area (Å²) in [5, 5.41) is 0.128. The summed E-state index contributed by atoms with van der Waals surface area (Å²) in [4.78, 5) is 10.8. The van der Waals surface area contributed by atoms with Gasteiger partial charge in [-0.1, -0.05) is 29.8 Å². The molecule has 0 spiro atoms. The molecule has 0 aliphatic carbocycles. The molecule has 0 aliphatic heterocycles. The van der Waals surface area contributed by atoms with E-state index in [9.17, 15) is 30.8 Å². The first-order valence-electron chi connectivity index (χ1n) is 8.63. The number of carbonyl (C=O) groups excluding carboxylic acids is 1. The second-order valence-corrected chi connectivity index (χ2v) is 10.4. The third-order valence-electron chi connectivity index (χ3n) is 3.80. The first-order chi connectivity index (χ1) is 14.2. The molecule has 2 rings (SSSR count). The van der Waals surface area contributed by atoms with Gasteiger partial charge in [-0.15, -0.1) is 0 Å². The van der Waals surface area contributed by atoms with Crippen LogP contribution in [-0.4, -0.2) is 30.8 Å². The third kappa shape index (κ3) is 5.76. The van der Waals surface area contributed by atoms with Crippen LogP contribution in [0, 0.1) is 23.3 Å². The molecule has 0 N–H and O–H groups in total. The van der Waals surface area contributed by atoms with Crippen molar-refractivity contribution in [2.75, 3.05) is 6.54 Å². The zero-order chi connectivity index (χ0) is 23.7. The van der Waals surface area contributed by atoms with E-state index in [0.717, 1.165) is 0 Å². The summed E-state index contributed by atoms with van der Waals surface area (Å²) in [7, 11) is -5.08. The molecule has 0 saturated carbocycles. The maximum atomic E-state index is 14.4. The monoisotopic (exact) mass is 545 g/mol. The number of ether oxygens (including phenoxy) is 1. The van der Waals surface area contributed by atoms with Gasteiger partial charge in [0.2, 0.25) is 10.0 Å². The highest BCUT2D eigenvalue weighted by Gasteiger charge is 2.37. The van der Waals surface area contributed by atoms with Gasteiger partial charge >= 0.3 is 5.97 Å². The molecule has 0 unspecified atom stereocenters. The minimum atomic E-state index is -5.08. The van der Waals surface area contributed by atoms with Crippen LogP contribution in [0.1, 0.15) is 26.3 Å². The lowest BCUT2D eigenvalue weighted by molar-refractivity contribution is -0.155. The number of rotatable bonds is 6. The highest BCUT2D eigenvalue weighted by Crippen LogP contribution is 2.34. The predicted octanol–water partition coefficient (Wildman–Crippen LogP) is 5.19. The molecule has 0 amide bonds. The lowest BCUT2D eigenvalue weighted by Crippen LogP contribution is -2.39. The van der Waals surface area contributed by atoms with Crippen LogP contribution in [0.25, 0.3) is 0 Å². The predicted molar refractivity (Wildman–Crippen MR) is 109 cm³/mol. The molecule has 31 heavy (non-hydrogen) atoms. The van der Waals surface area contributed by atoms with E-state index in [1.54, 1.807) is 26.8 Å². The molecule has 2 aromatic rings. The third-order valence-corrected chi connectivity index (χ3v) is 7.01. The van der Waals surface area contributed by atoms with Crippen molar-refractivity contribution in [2.24, 2.45) is 0 Å². The lowest BCUT2D eigenvalue weighted by atomic mass is 10.2. The van der Waals surface area contributed by atoms with E-state index in [-0.39, 0.29) is 10.6 Å². The number of benzene rings is 2. The average Bonchev–Trinajstić information content (AvgIpc) is 2.64. The Labute approximate surface area is 190 Å². The van der Waals surface area contributed by atoms with Crippen molar-refractivity contribution in [3.05, 3.63) is 62.6 Å². The number of sulfonamides is 1. The van der Waals surface area contributed by atoms with Crippen molar-refractivity contribution in [3.63, 3.8) is 0 Å². The minimum Gasteiger partial charge on any atom is -0.459 e. The molecule has 5 nitrogen and oxygen atoms in total. The van der Waals surface area contributed by atoms with Gasteiger partial charge in [0.15, 0.2) is 23.3 Å². The molecule has 0 radical (unpaired) electrons. The average molecular weight is 547 g/mol. The maximum Gasteiger partial charge on any atom is 0.321 e. The Morgan fingerprint density at radius 2 is 1.61 bits per heavy atom. The van der Waals surface area contributed by atoms with Gasteiger partial charge in [-0.05, 0) is 48.3 Å². The summed E-state index contributed by atoms with van der Waals surface area (Å²) in [5.41, 5.74) is -0.757. The van der Waals surface area contributed by atoms with Crippen LogP contribution in [0.4, 0.5) is 17.6 Å². The summed E-state index contributed by atoms with van der Waals surface area (Å²) in [6.07, 6.45) is 0. The Bertz CT molecular complexity index is 1090. The Hall–Kier alpha value is -1.69. The summed E-state index contributed by atoms with van der Waals surface area (Å²) in [6, 6.07) is 5.99. The Morgan fingerprint density at radius 3 is 2.16 bits per heavy atom. The first kappa shape index (κ1) is 25.6. The van der Waals surface area contributed by atoms with E-state index in [1.807, 2.05) is 0 Å². The fraction of sp³-hybridized carbons (Fsp3) is 0.316. The molecular weight excluding hydrogens is 530 g/mol. The molecule has 0 aliphatic rings. The normalized spacial score (nSPS) is 12.3. The molecule has 0 aromatic heterocycles. The largest absolute Gasteiger partial charge is 0.459 e. The first-order valence-corrected chi connectivity index (χ1v) is 11.2. The van der Waals surface area contributed by atoms with E-state index < -0.39 is 67.3 Å². The lowest BCUT2D eigenvalue weighted by Gasteiger charge is -2.25. The van der Waals surface area contributed by atoms with Gasteiger partial charge in [-0.25, -0.2) is 26.0 Å². The topological polar surface area (TPSA) is 63.7 Å². The van der Waals surface area contributed by atoms with Crippen molar-refractivity contribution < 1.29 is 35.5 Å². The van der Waals surface area contributed by atoms with Crippen molar-refractivity contribution in [3.8, 4) is 0 Å².